The second-order valence-electron chi connectivity index (χ2n) is 7.01. The van der Waals surface area contributed by atoms with Gasteiger partial charge in [-0.2, -0.15) is 0 Å². The Kier molecular flexibility index (Phi) is 4.67. The van der Waals surface area contributed by atoms with E-state index in [4.69, 9.17) is 0 Å². The molecule has 3 nitrogen and oxygen atoms in total. The van der Waals surface area contributed by atoms with Gasteiger partial charge < -0.3 is 9.88 Å². The first kappa shape index (κ1) is 14.7. The molecule has 3 rings (SSSR count). The van der Waals surface area contributed by atoms with Crippen LogP contribution >= 0.6 is 0 Å². The van der Waals surface area contributed by atoms with Crippen LogP contribution in [0.5, 0.6) is 0 Å². The van der Waals surface area contributed by atoms with Crippen LogP contribution in [0.4, 0.5) is 0 Å². The molecule has 1 aromatic heterocycles. The number of aromatic nitrogens is 1. The van der Waals surface area contributed by atoms with E-state index in [0.717, 1.165) is 25.7 Å². The van der Waals surface area contributed by atoms with Gasteiger partial charge in [0.15, 0.2) is 0 Å². The van der Waals surface area contributed by atoms with Crippen LogP contribution in [-0.2, 0) is 4.79 Å². The molecule has 0 spiro atoms. The van der Waals surface area contributed by atoms with Gasteiger partial charge in [-0.25, -0.2) is 0 Å². The van der Waals surface area contributed by atoms with Crippen molar-refractivity contribution in [3.05, 3.63) is 24.5 Å². The fourth-order valence-corrected chi connectivity index (χ4v) is 4.06. The Labute approximate surface area is 128 Å². The maximum absolute atomic E-state index is 12.5. The van der Waals surface area contributed by atoms with Gasteiger partial charge >= 0.3 is 0 Å². The molecule has 2 aliphatic rings. The Hall–Kier alpha value is -1.25. The van der Waals surface area contributed by atoms with Gasteiger partial charge in [0.2, 0.25) is 5.91 Å². The number of hydrogen-bond acceptors (Lipinski definition) is 1. The summed E-state index contributed by atoms with van der Waals surface area (Å²) < 4.78 is 2.30. The average Bonchev–Trinajstić information content (AvgIpc) is 3.04. The highest BCUT2D eigenvalue weighted by atomic mass is 16.1. The fraction of sp³-hybridized carbons (Fsp3) is 0.722. The van der Waals surface area contributed by atoms with E-state index in [1.807, 2.05) is 0 Å². The van der Waals surface area contributed by atoms with Gasteiger partial charge in [-0.1, -0.05) is 19.8 Å². The minimum atomic E-state index is 0.242. The van der Waals surface area contributed by atoms with Crippen molar-refractivity contribution in [2.45, 2.75) is 70.4 Å². The Morgan fingerprint density at radius 3 is 2.33 bits per heavy atom. The molecule has 21 heavy (non-hydrogen) atoms. The van der Waals surface area contributed by atoms with E-state index in [0.29, 0.717) is 23.9 Å². The Morgan fingerprint density at radius 2 is 1.67 bits per heavy atom. The van der Waals surface area contributed by atoms with Gasteiger partial charge in [0, 0.05) is 30.4 Å². The minimum absolute atomic E-state index is 0.242. The molecule has 0 bridgehead atoms. The summed E-state index contributed by atoms with van der Waals surface area (Å²) in [6.45, 7) is 2.28. The third-order valence-electron chi connectivity index (χ3n) is 5.56. The van der Waals surface area contributed by atoms with Crippen molar-refractivity contribution in [2.24, 2.45) is 11.8 Å². The highest BCUT2D eigenvalue weighted by Gasteiger charge is 2.29. The molecule has 3 heteroatoms. The van der Waals surface area contributed by atoms with Crippen molar-refractivity contribution in [3.63, 3.8) is 0 Å². The molecule has 0 aromatic carbocycles. The smallest absolute Gasteiger partial charge is 0.223 e. The second kappa shape index (κ2) is 6.67. The molecule has 1 heterocycles. The van der Waals surface area contributed by atoms with Crippen LogP contribution in [0.25, 0.3) is 0 Å². The summed E-state index contributed by atoms with van der Waals surface area (Å²) in [4.78, 5) is 12.5. The highest BCUT2D eigenvalue weighted by Crippen LogP contribution is 2.33. The van der Waals surface area contributed by atoms with Crippen LogP contribution in [0.3, 0.4) is 0 Å². The molecule has 0 unspecified atom stereocenters. The number of hydrogen-bond donors (Lipinski definition) is 1. The van der Waals surface area contributed by atoms with Crippen molar-refractivity contribution < 1.29 is 4.79 Å². The number of rotatable bonds is 3. The molecular weight excluding hydrogens is 260 g/mol. The molecule has 2 aliphatic carbocycles. The molecule has 0 aliphatic heterocycles. The summed E-state index contributed by atoms with van der Waals surface area (Å²) in [7, 11) is 0. The van der Waals surface area contributed by atoms with Crippen LogP contribution in [0.1, 0.15) is 64.3 Å². The maximum Gasteiger partial charge on any atom is 0.223 e. The zero-order valence-corrected chi connectivity index (χ0v) is 13.1. The van der Waals surface area contributed by atoms with Crippen molar-refractivity contribution >= 4 is 5.91 Å². The molecule has 2 saturated carbocycles. The lowest BCUT2D eigenvalue weighted by atomic mass is 9.83. The van der Waals surface area contributed by atoms with E-state index >= 15 is 0 Å². The van der Waals surface area contributed by atoms with Gasteiger partial charge in [-0.3, -0.25) is 4.79 Å². The van der Waals surface area contributed by atoms with Crippen LogP contribution in [0.15, 0.2) is 24.5 Å². The van der Waals surface area contributed by atoms with Crippen molar-refractivity contribution in [3.8, 4) is 0 Å². The minimum Gasteiger partial charge on any atom is -0.353 e. The monoisotopic (exact) mass is 288 g/mol. The first-order valence-electron chi connectivity index (χ1n) is 8.67. The molecule has 116 valence electrons. The molecule has 0 saturated heterocycles. The largest absolute Gasteiger partial charge is 0.353 e. The van der Waals surface area contributed by atoms with Crippen LogP contribution in [-0.4, -0.2) is 16.5 Å². The lowest BCUT2D eigenvalue weighted by molar-refractivity contribution is -0.127. The van der Waals surface area contributed by atoms with E-state index in [-0.39, 0.29) is 5.92 Å². The number of amides is 1. The third-order valence-corrected chi connectivity index (χ3v) is 5.56. The van der Waals surface area contributed by atoms with E-state index in [9.17, 15) is 4.79 Å². The number of nitrogens with zero attached hydrogens (tertiary/aromatic N) is 1. The highest BCUT2D eigenvalue weighted by molar-refractivity contribution is 5.79. The standard InChI is InChI=1S/C18H28N2O/c1-14-6-2-3-7-17(14)19-18(21)15-8-10-16(11-9-15)20-12-4-5-13-20/h4-5,12-17H,2-3,6-11H2,1H3,(H,19,21)/t14-,15?,16?,17+/m1/s1. The topological polar surface area (TPSA) is 34.0 Å². The number of nitrogens with one attached hydrogen (secondary N) is 1. The van der Waals surface area contributed by atoms with Crippen LogP contribution in [0, 0.1) is 11.8 Å². The average molecular weight is 288 g/mol. The molecular formula is C18H28N2O. The van der Waals surface area contributed by atoms with Crippen LogP contribution < -0.4 is 5.32 Å². The van der Waals surface area contributed by atoms with Crippen molar-refractivity contribution in [1.29, 1.82) is 0 Å². The van der Waals surface area contributed by atoms with Gasteiger partial charge in [0.25, 0.3) is 0 Å². The zero-order valence-electron chi connectivity index (χ0n) is 13.1. The summed E-state index contributed by atoms with van der Waals surface area (Å²) in [6, 6.07) is 5.19. The van der Waals surface area contributed by atoms with Gasteiger partial charge in [0.1, 0.15) is 0 Å². The van der Waals surface area contributed by atoms with E-state index in [1.165, 1.54) is 25.7 Å². The summed E-state index contributed by atoms with van der Waals surface area (Å²) in [5.41, 5.74) is 0. The first-order chi connectivity index (χ1) is 10.2. The Morgan fingerprint density at radius 1 is 1.00 bits per heavy atom. The van der Waals surface area contributed by atoms with E-state index < -0.39 is 0 Å². The predicted octanol–water partition coefficient (Wildman–Crippen LogP) is 3.91. The second-order valence-corrected chi connectivity index (χ2v) is 7.01. The summed E-state index contributed by atoms with van der Waals surface area (Å²) >= 11 is 0. The lowest BCUT2D eigenvalue weighted by Crippen LogP contribution is -2.44. The normalized spacial score (nSPS) is 33.6. The zero-order chi connectivity index (χ0) is 14.7. The molecule has 1 N–H and O–H groups in total. The number of carbonyl (C=O) groups excluding carboxylic acids is 1. The Balaban J connectivity index is 1.48. The fourth-order valence-electron chi connectivity index (χ4n) is 4.06. The molecule has 2 fully saturated rings. The van der Waals surface area contributed by atoms with Crippen LogP contribution in [0.2, 0.25) is 0 Å². The quantitative estimate of drug-likeness (QED) is 0.899. The maximum atomic E-state index is 12.5. The SMILES string of the molecule is C[C@@H]1CCCC[C@@H]1NC(=O)C1CCC(n2cccc2)CC1. The van der Waals surface area contributed by atoms with E-state index in [1.54, 1.807) is 0 Å². The lowest BCUT2D eigenvalue weighted by Gasteiger charge is -2.33. The third kappa shape index (κ3) is 3.50. The summed E-state index contributed by atoms with van der Waals surface area (Å²) in [5.74, 6) is 1.21. The van der Waals surface area contributed by atoms with Gasteiger partial charge in [0.05, 0.1) is 0 Å². The molecule has 1 aromatic rings. The van der Waals surface area contributed by atoms with Gasteiger partial charge in [-0.15, -0.1) is 0 Å². The van der Waals surface area contributed by atoms with Gasteiger partial charge in [-0.05, 0) is 56.6 Å². The Bertz CT molecular complexity index is 446. The number of carbonyl (C=O) groups is 1. The summed E-state index contributed by atoms with van der Waals surface area (Å²) in [5, 5.41) is 3.34. The summed E-state index contributed by atoms with van der Waals surface area (Å²) in [6.07, 6.45) is 13.7. The van der Waals surface area contributed by atoms with Crippen molar-refractivity contribution in [2.75, 3.05) is 0 Å². The molecule has 2 atom stereocenters. The molecule has 0 radical (unpaired) electrons. The van der Waals surface area contributed by atoms with E-state index in [2.05, 4.69) is 41.3 Å². The first-order valence-corrected chi connectivity index (χ1v) is 8.67. The van der Waals surface area contributed by atoms with Crippen molar-refractivity contribution in [1.82, 2.24) is 9.88 Å². The molecule has 1 amide bonds. The predicted molar refractivity (Wildman–Crippen MR) is 85.0 cm³/mol.